The molecule has 0 radical (unpaired) electrons. The minimum Gasteiger partial charge on any atom is -0.401 e. The molecule has 1 saturated heterocycles. The molecule has 0 spiro atoms. The van der Waals surface area contributed by atoms with Crippen LogP contribution < -0.4 is 21.7 Å². The Hall–Kier alpha value is -2.92. The number of allylic oxidation sites excluding steroid dienone is 1. The maximum atomic E-state index is 14.4. The number of carbonyl (C=O) groups excluding carboxylic acids is 2. The summed E-state index contributed by atoms with van der Waals surface area (Å²) in [6.45, 7) is 8.26. The molecule has 6 nitrogen and oxygen atoms in total. The Labute approximate surface area is 216 Å². The van der Waals surface area contributed by atoms with E-state index in [0.29, 0.717) is 30.6 Å². The first-order chi connectivity index (χ1) is 17.1. The molecule has 1 aliphatic heterocycles. The summed E-state index contributed by atoms with van der Waals surface area (Å²) in [7, 11) is 2.57. The van der Waals surface area contributed by atoms with Crippen LogP contribution in [0.1, 0.15) is 58.6 Å². The molecule has 1 fully saturated rings. The van der Waals surface area contributed by atoms with Crippen molar-refractivity contribution in [3.05, 3.63) is 65.7 Å². The van der Waals surface area contributed by atoms with Crippen molar-refractivity contribution in [3.8, 4) is 11.1 Å². The maximum absolute atomic E-state index is 14.4. The highest BCUT2D eigenvalue weighted by Gasteiger charge is 2.38. The third kappa shape index (κ3) is 6.44. The van der Waals surface area contributed by atoms with Gasteiger partial charge < -0.3 is 21.3 Å². The van der Waals surface area contributed by atoms with Crippen LogP contribution in [0.4, 0.5) is 4.39 Å². The summed E-state index contributed by atoms with van der Waals surface area (Å²) in [5.41, 5.74) is 8.61. The standard InChI is InChI=1S/C28H38FN4O2P/c1-5-22(19-11-13-20(14-12-19)25-21(29)8-6-10-24(25)36)32-27(34)23-9-7-15-33(23)28(35)26(17(2)3)31-16-18(4)30/h6,8,10-14,16-17,22-23,26,31H,5,7,9,15,30,36H2,1-4H3,(H,32,34)/b18-16-. The number of amides is 2. The van der Waals surface area contributed by atoms with Gasteiger partial charge in [-0.15, -0.1) is 9.24 Å². The zero-order valence-corrected chi connectivity index (χ0v) is 22.7. The summed E-state index contributed by atoms with van der Waals surface area (Å²) in [6.07, 6.45) is 3.75. The van der Waals surface area contributed by atoms with Crippen molar-refractivity contribution in [1.82, 2.24) is 15.5 Å². The van der Waals surface area contributed by atoms with Crippen LogP contribution in [0.15, 0.2) is 54.4 Å². The van der Waals surface area contributed by atoms with Gasteiger partial charge in [0.1, 0.15) is 17.9 Å². The molecular weight excluding hydrogens is 474 g/mol. The third-order valence-electron chi connectivity index (χ3n) is 6.63. The smallest absolute Gasteiger partial charge is 0.245 e. The van der Waals surface area contributed by atoms with Gasteiger partial charge in [-0.25, -0.2) is 4.39 Å². The monoisotopic (exact) mass is 512 g/mol. The highest BCUT2D eigenvalue weighted by Crippen LogP contribution is 2.27. The SMILES string of the molecule is CCC(NC(=O)C1CCCN1C(=O)C(N/C=C(/C)N)C(C)C)c1ccc(-c2c(F)cccc2P)cc1. The molecule has 0 aromatic heterocycles. The first kappa shape index (κ1) is 27.7. The highest BCUT2D eigenvalue weighted by atomic mass is 31.0. The van der Waals surface area contributed by atoms with Gasteiger partial charge in [0.15, 0.2) is 0 Å². The molecule has 1 heterocycles. The van der Waals surface area contributed by atoms with Gasteiger partial charge in [-0.3, -0.25) is 9.59 Å². The van der Waals surface area contributed by atoms with Crippen LogP contribution in [0.2, 0.25) is 0 Å². The van der Waals surface area contributed by atoms with Gasteiger partial charge in [-0.05, 0) is 54.6 Å². The van der Waals surface area contributed by atoms with Crippen LogP contribution in [-0.2, 0) is 9.59 Å². The van der Waals surface area contributed by atoms with Crippen molar-refractivity contribution in [2.45, 2.75) is 65.1 Å². The molecule has 1 aliphatic rings. The summed E-state index contributed by atoms with van der Waals surface area (Å²) in [5, 5.41) is 7.06. The molecule has 194 valence electrons. The normalized spacial score (nSPS) is 17.7. The van der Waals surface area contributed by atoms with E-state index in [0.717, 1.165) is 22.9 Å². The van der Waals surface area contributed by atoms with Crippen LogP contribution in [0.3, 0.4) is 0 Å². The number of benzene rings is 2. The molecule has 8 heteroatoms. The van der Waals surface area contributed by atoms with Crippen LogP contribution in [0.25, 0.3) is 11.1 Å². The van der Waals surface area contributed by atoms with E-state index in [1.54, 1.807) is 24.1 Å². The summed E-state index contributed by atoms with van der Waals surface area (Å²) in [6, 6.07) is 11.5. The zero-order valence-electron chi connectivity index (χ0n) is 21.6. The lowest BCUT2D eigenvalue weighted by Crippen LogP contribution is -2.53. The van der Waals surface area contributed by atoms with Crippen molar-refractivity contribution in [2.24, 2.45) is 11.7 Å². The minimum atomic E-state index is -0.505. The average Bonchev–Trinajstić information content (AvgIpc) is 3.33. The van der Waals surface area contributed by atoms with Crippen LogP contribution in [0, 0.1) is 11.7 Å². The number of hydrogen-bond acceptors (Lipinski definition) is 4. The van der Waals surface area contributed by atoms with Crippen molar-refractivity contribution in [3.63, 3.8) is 0 Å². The van der Waals surface area contributed by atoms with Crippen LogP contribution >= 0.6 is 9.24 Å². The summed E-state index contributed by atoms with van der Waals surface area (Å²) in [4.78, 5) is 28.4. The molecule has 4 N–H and O–H groups in total. The van der Waals surface area contributed by atoms with E-state index < -0.39 is 12.1 Å². The number of nitrogens with one attached hydrogen (secondary N) is 2. The van der Waals surface area contributed by atoms with E-state index in [1.807, 2.05) is 51.1 Å². The number of rotatable bonds is 9. The lowest BCUT2D eigenvalue weighted by Gasteiger charge is -2.31. The molecule has 4 atom stereocenters. The number of hydrogen-bond donors (Lipinski definition) is 3. The third-order valence-corrected chi connectivity index (χ3v) is 7.12. The zero-order chi connectivity index (χ0) is 26.4. The van der Waals surface area contributed by atoms with Gasteiger partial charge in [0.05, 0.1) is 6.04 Å². The number of halogens is 1. The van der Waals surface area contributed by atoms with E-state index in [1.165, 1.54) is 6.07 Å². The Morgan fingerprint density at radius 2 is 1.92 bits per heavy atom. The Morgan fingerprint density at radius 1 is 1.22 bits per heavy atom. The molecule has 0 aliphatic carbocycles. The van der Waals surface area contributed by atoms with E-state index in [2.05, 4.69) is 19.9 Å². The van der Waals surface area contributed by atoms with E-state index in [-0.39, 0.29) is 29.6 Å². The fraction of sp³-hybridized carbons (Fsp3) is 0.429. The topological polar surface area (TPSA) is 87.5 Å². The molecule has 36 heavy (non-hydrogen) atoms. The average molecular weight is 513 g/mol. The van der Waals surface area contributed by atoms with Gasteiger partial charge in [-0.1, -0.05) is 57.2 Å². The van der Waals surface area contributed by atoms with Crippen LogP contribution in [0.5, 0.6) is 0 Å². The van der Waals surface area contributed by atoms with Crippen molar-refractivity contribution >= 4 is 26.4 Å². The second-order valence-electron chi connectivity index (χ2n) is 9.76. The van der Waals surface area contributed by atoms with Crippen molar-refractivity contribution < 1.29 is 14.0 Å². The predicted octanol–water partition coefficient (Wildman–Crippen LogP) is 3.99. The Balaban J connectivity index is 1.73. The lowest BCUT2D eigenvalue weighted by atomic mass is 9.98. The summed E-state index contributed by atoms with van der Waals surface area (Å²) < 4.78 is 14.4. The van der Waals surface area contributed by atoms with Gasteiger partial charge in [0, 0.05) is 24.0 Å². The lowest BCUT2D eigenvalue weighted by molar-refractivity contribution is -0.141. The summed E-state index contributed by atoms with van der Waals surface area (Å²) >= 11 is 0. The predicted molar refractivity (Wildman–Crippen MR) is 147 cm³/mol. The van der Waals surface area contributed by atoms with E-state index >= 15 is 0 Å². The van der Waals surface area contributed by atoms with E-state index in [4.69, 9.17) is 5.73 Å². The quantitative estimate of drug-likeness (QED) is 0.444. The van der Waals surface area contributed by atoms with Gasteiger partial charge in [0.25, 0.3) is 0 Å². The molecule has 2 amide bonds. The second-order valence-corrected chi connectivity index (χ2v) is 10.4. The fourth-order valence-electron chi connectivity index (χ4n) is 4.67. The van der Waals surface area contributed by atoms with Crippen molar-refractivity contribution in [1.29, 1.82) is 0 Å². The van der Waals surface area contributed by atoms with E-state index in [9.17, 15) is 14.0 Å². The molecule has 2 aromatic carbocycles. The minimum absolute atomic E-state index is 0.0378. The molecule has 0 bridgehead atoms. The number of likely N-dealkylation sites (tertiary alicyclic amines) is 1. The number of nitrogens with two attached hydrogens (primary N) is 1. The molecule has 0 saturated carbocycles. The van der Waals surface area contributed by atoms with Crippen LogP contribution in [-0.4, -0.2) is 35.3 Å². The van der Waals surface area contributed by atoms with Gasteiger partial charge >= 0.3 is 0 Å². The molecule has 4 unspecified atom stereocenters. The summed E-state index contributed by atoms with van der Waals surface area (Å²) in [5.74, 6) is -0.467. The number of nitrogens with zero attached hydrogens (tertiary/aromatic N) is 1. The Kier molecular flexibility index (Phi) is 9.49. The first-order valence-electron chi connectivity index (χ1n) is 12.6. The molecule has 2 aromatic rings. The largest absolute Gasteiger partial charge is 0.401 e. The molecule has 3 rings (SSSR count). The second kappa shape index (κ2) is 12.4. The first-order valence-corrected chi connectivity index (χ1v) is 13.1. The Morgan fingerprint density at radius 3 is 2.50 bits per heavy atom. The maximum Gasteiger partial charge on any atom is 0.245 e. The van der Waals surface area contributed by atoms with Crippen molar-refractivity contribution in [2.75, 3.05) is 6.54 Å². The van der Waals surface area contributed by atoms with Gasteiger partial charge in [-0.2, -0.15) is 0 Å². The highest BCUT2D eigenvalue weighted by molar-refractivity contribution is 7.28. The Bertz CT molecular complexity index is 1080. The number of carbonyl (C=O) groups is 2. The van der Waals surface area contributed by atoms with Gasteiger partial charge in [0.2, 0.25) is 11.8 Å². The molecular formula is C28H38FN4O2P. The fourth-order valence-corrected chi connectivity index (χ4v) is 5.08.